The SMILES string of the molecule is COC(=O)c1ccc(C2=CC[C@]3(C)[C@H]4CC[C@@H]5[C@H]6[C@H](C7(C)CC7)CC[C@]6(N)CC[C@@]5(C)[C@]4(C)CC[C@H]3C2(C)C)cc1.Cl. The Morgan fingerprint density at radius 3 is 2.12 bits per heavy atom. The number of ether oxygens (including phenoxy) is 1. The lowest BCUT2D eigenvalue weighted by atomic mass is 9.33. The van der Waals surface area contributed by atoms with E-state index in [1.54, 1.807) is 0 Å². The summed E-state index contributed by atoms with van der Waals surface area (Å²) in [4.78, 5) is 12.1. The van der Waals surface area contributed by atoms with E-state index in [2.05, 4.69) is 59.8 Å². The molecule has 1 aromatic rings. The molecular weight excluding hydrogens is 538 g/mol. The molecule has 2 N–H and O–H groups in total. The molecule has 0 heterocycles. The third kappa shape index (κ3) is 3.90. The Morgan fingerprint density at radius 2 is 1.48 bits per heavy atom. The topological polar surface area (TPSA) is 52.3 Å². The fourth-order valence-electron chi connectivity index (χ4n) is 13.0. The van der Waals surface area contributed by atoms with E-state index < -0.39 is 0 Å². The number of halogens is 1. The molecule has 1 aromatic carbocycles. The van der Waals surface area contributed by atoms with Gasteiger partial charge in [-0.2, -0.15) is 0 Å². The van der Waals surface area contributed by atoms with Gasteiger partial charge in [0.25, 0.3) is 0 Å². The van der Waals surface area contributed by atoms with Crippen molar-refractivity contribution in [3.05, 3.63) is 41.5 Å². The third-order valence-corrected chi connectivity index (χ3v) is 15.6. The number of allylic oxidation sites excluding steroid dienone is 2. The molecule has 6 aliphatic rings. The minimum absolute atomic E-state index is 0. The minimum Gasteiger partial charge on any atom is -0.465 e. The smallest absolute Gasteiger partial charge is 0.337 e. The van der Waals surface area contributed by atoms with Crippen molar-refractivity contribution in [2.45, 2.75) is 118 Å². The lowest BCUT2D eigenvalue weighted by molar-refractivity contribution is -0.219. The van der Waals surface area contributed by atoms with Crippen LogP contribution >= 0.6 is 12.4 Å². The zero-order valence-corrected chi connectivity index (χ0v) is 28.2. The van der Waals surface area contributed by atoms with Gasteiger partial charge in [-0.25, -0.2) is 4.79 Å². The average Bonchev–Trinajstić information content (AvgIpc) is 3.57. The Labute approximate surface area is 261 Å². The van der Waals surface area contributed by atoms with Crippen LogP contribution in [0.4, 0.5) is 0 Å². The van der Waals surface area contributed by atoms with Crippen molar-refractivity contribution in [2.75, 3.05) is 7.11 Å². The van der Waals surface area contributed by atoms with Gasteiger partial charge in [-0.05, 0) is 151 Å². The van der Waals surface area contributed by atoms with Crippen molar-refractivity contribution in [1.29, 1.82) is 0 Å². The van der Waals surface area contributed by atoms with E-state index in [-0.39, 0.29) is 29.3 Å². The highest BCUT2D eigenvalue weighted by molar-refractivity contribution is 5.90. The summed E-state index contributed by atoms with van der Waals surface area (Å²) in [5.41, 5.74) is 12.6. The molecular formula is C38H56ClNO2. The average molecular weight is 594 g/mol. The second-order valence-corrected chi connectivity index (χ2v) is 17.3. The summed E-state index contributed by atoms with van der Waals surface area (Å²) in [6, 6.07) is 8.15. The molecule has 9 atom stereocenters. The van der Waals surface area contributed by atoms with Crippen LogP contribution in [0.5, 0.6) is 0 Å². The summed E-state index contributed by atoms with van der Waals surface area (Å²) < 4.78 is 4.95. The summed E-state index contributed by atoms with van der Waals surface area (Å²) in [6.45, 7) is 15.8. The summed E-state index contributed by atoms with van der Waals surface area (Å²) in [5.74, 6) is 3.55. The Hall–Kier alpha value is -1.32. The van der Waals surface area contributed by atoms with Crippen molar-refractivity contribution >= 4 is 23.9 Å². The number of esters is 1. The predicted octanol–water partition coefficient (Wildman–Crippen LogP) is 9.48. The molecule has 4 heteroatoms. The lowest BCUT2D eigenvalue weighted by Gasteiger charge is -2.72. The first-order valence-electron chi connectivity index (χ1n) is 16.9. The molecule has 42 heavy (non-hydrogen) atoms. The molecule has 5 saturated carbocycles. The van der Waals surface area contributed by atoms with Crippen LogP contribution in [0.15, 0.2) is 30.3 Å². The molecule has 0 unspecified atom stereocenters. The number of carbonyl (C=O) groups excluding carboxylic acids is 1. The third-order valence-electron chi connectivity index (χ3n) is 15.6. The predicted molar refractivity (Wildman–Crippen MR) is 174 cm³/mol. The van der Waals surface area contributed by atoms with E-state index in [0.717, 1.165) is 23.7 Å². The van der Waals surface area contributed by atoms with Crippen molar-refractivity contribution in [3.8, 4) is 0 Å². The van der Waals surface area contributed by atoms with Gasteiger partial charge in [0.1, 0.15) is 0 Å². The normalized spacial score (nSPS) is 46.1. The van der Waals surface area contributed by atoms with Gasteiger partial charge >= 0.3 is 5.97 Å². The number of benzene rings is 1. The van der Waals surface area contributed by atoms with Crippen molar-refractivity contribution < 1.29 is 9.53 Å². The molecule has 0 bridgehead atoms. The fraction of sp³-hybridized carbons (Fsp3) is 0.763. The molecule has 6 aliphatic carbocycles. The summed E-state index contributed by atoms with van der Waals surface area (Å²) in [5, 5.41) is 0. The zero-order chi connectivity index (χ0) is 29.2. The second-order valence-electron chi connectivity index (χ2n) is 17.3. The number of methoxy groups -OCH3 is 1. The monoisotopic (exact) mass is 593 g/mol. The van der Waals surface area contributed by atoms with E-state index in [1.807, 2.05) is 12.1 Å². The zero-order valence-electron chi connectivity index (χ0n) is 27.4. The van der Waals surface area contributed by atoms with Gasteiger partial charge in [0.05, 0.1) is 12.7 Å². The number of hydrogen-bond donors (Lipinski definition) is 1. The Balaban J connectivity index is 0.00000316. The van der Waals surface area contributed by atoms with Crippen LogP contribution in [-0.4, -0.2) is 18.6 Å². The van der Waals surface area contributed by atoms with E-state index in [0.29, 0.717) is 33.1 Å². The molecule has 0 aliphatic heterocycles. The van der Waals surface area contributed by atoms with E-state index in [1.165, 1.54) is 88.9 Å². The van der Waals surface area contributed by atoms with E-state index >= 15 is 0 Å². The van der Waals surface area contributed by atoms with Gasteiger partial charge in [0.2, 0.25) is 0 Å². The molecule has 5 fully saturated rings. The second kappa shape index (κ2) is 9.59. The van der Waals surface area contributed by atoms with Gasteiger partial charge in [0.15, 0.2) is 0 Å². The quantitative estimate of drug-likeness (QED) is 0.355. The number of hydrogen-bond acceptors (Lipinski definition) is 3. The highest BCUT2D eigenvalue weighted by Crippen LogP contribution is 2.77. The highest BCUT2D eigenvalue weighted by atomic mass is 35.5. The summed E-state index contributed by atoms with van der Waals surface area (Å²) >= 11 is 0. The van der Waals surface area contributed by atoms with Crippen LogP contribution in [0.25, 0.3) is 5.57 Å². The first-order valence-corrected chi connectivity index (χ1v) is 16.9. The molecule has 7 rings (SSSR count). The van der Waals surface area contributed by atoms with Crippen molar-refractivity contribution in [1.82, 2.24) is 0 Å². The van der Waals surface area contributed by atoms with E-state index in [4.69, 9.17) is 10.5 Å². The number of nitrogens with two attached hydrogens (primary N) is 1. The molecule has 0 amide bonds. The standard InChI is InChI=1S/C38H55NO2.ClH/c1-33(2)26(24-8-10-25(11-9-24)32(40)41-7)14-17-35(4)29(33)16-18-37(6)30(35)13-12-28-31-27(34(3)20-21-34)15-19-38(31,39)23-22-36(28,37)5;/h8-11,14,27-31H,12-13,15-23,39H2,1-7H3;1H/t27-,28-,29+,30-,31-,35+,36-,37-,38+;/m1./s1. The molecule has 3 nitrogen and oxygen atoms in total. The number of fused-ring (bicyclic) bond motifs is 7. The largest absolute Gasteiger partial charge is 0.465 e. The van der Waals surface area contributed by atoms with Crippen molar-refractivity contribution in [2.24, 2.45) is 62.4 Å². The van der Waals surface area contributed by atoms with Crippen LogP contribution in [0.1, 0.15) is 128 Å². The van der Waals surface area contributed by atoms with Gasteiger partial charge in [0, 0.05) is 5.54 Å². The van der Waals surface area contributed by atoms with Crippen molar-refractivity contribution in [3.63, 3.8) is 0 Å². The van der Waals surface area contributed by atoms with Crippen LogP contribution in [0, 0.1) is 56.7 Å². The molecule has 232 valence electrons. The maximum Gasteiger partial charge on any atom is 0.337 e. The molecule has 0 saturated heterocycles. The van der Waals surface area contributed by atoms with Crippen LogP contribution in [0.2, 0.25) is 0 Å². The molecule has 0 spiro atoms. The van der Waals surface area contributed by atoms with Gasteiger partial charge < -0.3 is 10.5 Å². The Morgan fingerprint density at radius 1 is 0.786 bits per heavy atom. The summed E-state index contributed by atoms with van der Waals surface area (Å²) in [6.07, 6.45) is 17.3. The van der Waals surface area contributed by atoms with Gasteiger partial charge in [-0.1, -0.05) is 59.8 Å². The summed E-state index contributed by atoms with van der Waals surface area (Å²) in [7, 11) is 1.45. The van der Waals surface area contributed by atoms with Gasteiger partial charge in [-0.3, -0.25) is 0 Å². The first kappa shape index (κ1) is 30.7. The van der Waals surface area contributed by atoms with Crippen LogP contribution < -0.4 is 5.73 Å². The van der Waals surface area contributed by atoms with E-state index in [9.17, 15) is 4.79 Å². The molecule has 0 aromatic heterocycles. The fourth-order valence-corrected chi connectivity index (χ4v) is 13.0. The Bertz CT molecular complexity index is 1280. The number of rotatable bonds is 3. The minimum atomic E-state index is -0.263. The number of carbonyl (C=O) groups is 1. The maximum absolute atomic E-state index is 12.1. The Kier molecular flexibility index (Phi) is 7.01. The first-order chi connectivity index (χ1) is 19.2. The van der Waals surface area contributed by atoms with Crippen LogP contribution in [-0.2, 0) is 4.74 Å². The van der Waals surface area contributed by atoms with Gasteiger partial charge in [-0.15, -0.1) is 12.4 Å². The lowest BCUT2D eigenvalue weighted by Crippen LogP contribution is -2.67. The molecule has 0 radical (unpaired) electrons. The van der Waals surface area contributed by atoms with Crippen LogP contribution in [0.3, 0.4) is 0 Å². The highest BCUT2D eigenvalue weighted by Gasteiger charge is 2.71. The maximum atomic E-state index is 12.1.